The molecule has 3 heteroatoms. The van der Waals surface area contributed by atoms with Crippen molar-refractivity contribution >= 4 is 0 Å². The molecule has 1 aromatic rings. The molecule has 0 amide bonds. The van der Waals surface area contributed by atoms with Crippen LogP contribution >= 0.6 is 0 Å². The standard InChI is InChI=1S/C12H14N2O/c1-7-3-8(2)10-5-9(6-13)12(15)14-11(10)4-7/h5,7-8H,3-4H2,1-2H3,(H,14,15). The molecule has 0 aliphatic heterocycles. The first-order valence-electron chi connectivity index (χ1n) is 5.28. The molecule has 0 saturated heterocycles. The van der Waals surface area contributed by atoms with Crippen LogP contribution in [-0.2, 0) is 6.42 Å². The lowest BCUT2D eigenvalue weighted by molar-refractivity contribution is 0.441. The predicted molar refractivity (Wildman–Crippen MR) is 57.7 cm³/mol. The summed E-state index contributed by atoms with van der Waals surface area (Å²) >= 11 is 0. The first kappa shape index (κ1) is 9.97. The van der Waals surface area contributed by atoms with Crippen molar-refractivity contribution in [2.24, 2.45) is 5.92 Å². The maximum atomic E-state index is 11.5. The van der Waals surface area contributed by atoms with Crippen LogP contribution in [0.3, 0.4) is 0 Å². The summed E-state index contributed by atoms with van der Waals surface area (Å²) in [6.45, 7) is 4.34. The summed E-state index contributed by atoms with van der Waals surface area (Å²) in [7, 11) is 0. The van der Waals surface area contributed by atoms with Gasteiger partial charge in [0.15, 0.2) is 0 Å². The van der Waals surface area contributed by atoms with Crippen LogP contribution in [0.5, 0.6) is 0 Å². The SMILES string of the molecule is CC1Cc2[nH]c(=O)c(C#N)cc2C(C)C1. The van der Waals surface area contributed by atoms with E-state index in [1.165, 1.54) is 0 Å². The highest BCUT2D eigenvalue weighted by atomic mass is 16.1. The van der Waals surface area contributed by atoms with Crippen LogP contribution in [0.15, 0.2) is 10.9 Å². The number of nitrogens with one attached hydrogen (secondary N) is 1. The van der Waals surface area contributed by atoms with Crippen molar-refractivity contribution in [3.63, 3.8) is 0 Å². The molecule has 0 fully saturated rings. The molecule has 0 saturated carbocycles. The van der Waals surface area contributed by atoms with E-state index in [-0.39, 0.29) is 11.1 Å². The fourth-order valence-electron chi connectivity index (χ4n) is 2.44. The Morgan fingerprint density at radius 2 is 2.27 bits per heavy atom. The van der Waals surface area contributed by atoms with Gasteiger partial charge in [-0.25, -0.2) is 0 Å². The molecule has 0 aromatic carbocycles. The summed E-state index contributed by atoms with van der Waals surface area (Å²) in [6, 6.07) is 3.69. The summed E-state index contributed by atoms with van der Waals surface area (Å²) in [4.78, 5) is 14.3. The Morgan fingerprint density at radius 1 is 1.53 bits per heavy atom. The van der Waals surface area contributed by atoms with Crippen LogP contribution in [0.4, 0.5) is 0 Å². The van der Waals surface area contributed by atoms with Crippen LogP contribution in [-0.4, -0.2) is 4.98 Å². The maximum absolute atomic E-state index is 11.5. The van der Waals surface area contributed by atoms with E-state index in [0.29, 0.717) is 11.8 Å². The zero-order chi connectivity index (χ0) is 11.0. The lowest BCUT2D eigenvalue weighted by atomic mass is 9.80. The van der Waals surface area contributed by atoms with Gasteiger partial charge in [-0.15, -0.1) is 0 Å². The number of fused-ring (bicyclic) bond motifs is 1. The van der Waals surface area contributed by atoms with Crippen LogP contribution in [0.25, 0.3) is 0 Å². The van der Waals surface area contributed by atoms with Crippen molar-refractivity contribution in [2.75, 3.05) is 0 Å². The summed E-state index contributed by atoms with van der Waals surface area (Å²) < 4.78 is 0. The van der Waals surface area contributed by atoms with Crippen LogP contribution in [0.2, 0.25) is 0 Å². The molecule has 3 nitrogen and oxygen atoms in total. The number of rotatable bonds is 0. The van der Waals surface area contributed by atoms with Crippen molar-refractivity contribution < 1.29 is 0 Å². The van der Waals surface area contributed by atoms with Crippen molar-refractivity contribution in [3.05, 3.63) is 33.2 Å². The van der Waals surface area contributed by atoms with Crippen LogP contribution in [0, 0.1) is 17.2 Å². The highest BCUT2D eigenvalue weighted by molar-refractivity contribution is 5.36. The first-order chi connectivity index (χ1) is 7.11. The Morgan fingerprint density at radius 3 is 2.93 bits per heavy atom. The molecule has 2 atom stereocenters. The lowest BCUT2D eigenvalue weighted by Crippen LogP contribution is -2.22. The second kappa shape index (κ2) is 3.54. The highest BCUT2D eigenvalue weighted by Crippen LogP contribution is 2.32. The third-order valence-electron chi connectivity index (χ3n) is 3.12. The van der Waals surface area contributed by atoms with Crippen LogP contribution < -0.4 is 5.56 Å². The Hall–Kier alpha value is -1.56. The van der Waals surface area contributed by atoms with E-state index in [1.54, 1.807) is 6.07 Å². The minimum absolute atomic E-state index is 0.232. The zero-order valence-corrected chi connectivity index (χ0v) is 9.00. The van der Waals surface area contributed by atoms with E-state index in [2.05, 4.69) is 18.8 Å². The number of aromatic nitrogens is 1. The molecule has 1 aliphatic carbocycles. The monoisotopic (exact) mass is 202 g/mol. The topological polar surface area (TPSA) is 56.6 Å². The summed E-state index contributed by atoms with van der Waals surface area (Å²) in [6.07, 6.45) is 2.05. The predicted octanol–water partition coefficient (Wildman–Crippen LogP) is 1.93. The molecule has 2 rings (SSSR count). The highest BCUT2D eigenvalue weighted by Gasteiger charge is 2.23. The summed E-state index contributed by atoms with van der Waals surface area (Å²) in [5.41, 5.74) is 2.14. The number of H-pyrrole nitrogens is 1. The summed E-state index contributed by atoms with van der Waals surface area (Å²) in [5, 5.41) is 8.79. The van der Waals surface area contributed by atoms with E-state index in [4.69, 9.17) is 5.26 Å². The Balaban J connectivity index is 2.58. The second-order valence-corrected chi connectivity index (χ2v) is 4.50. The Labute approximate surface area is 88.8 Å². The molecule has 0 radical (unpaired) electrons. The molecule has 1 aliphatic rings. The lowest BCUT2D eigenvalue weighted by Gasteiger charge is -2.26. The molecular formula is C12H14N2O. The molecular weight excluding hydrogens is 188 g/mol. The van der Waals surface area contributed by atoms with Crippen molar-refractivity contribution in [1.82, 2.24) is 4.98 Å². The number of hydrogen-bond donors (Lipinski definition) is 1. The minimum atomic E-state index is -0.252. The molecule has 0 spiro atoms. The fraction of sp³-hybridized carbons (Fsp3) is 0.500. The van der Waals surface area contributed by atoms with Gasteiger partial charge in [0.1, 0.15) is 11.6 Å². The van der Waals surface area contributed by atoms with Gasteiger partial charge in [0.05, 0.1) is 0 Å². The van der Waals surface area contributed by atoms with Gasteiger partial charge in [-0.1, -0.05) is 13.8 Å². The third-order valence-corrected chi connectivity index (χ3v) is 3.12. The minimum Gasteiger partial charge on any atom is -0.325 e. The van der Waals surface area contributed by atoms with Crippen molar-refractivity contribution in [3.8, 4) is 6.07 Å². The van der Waals surface area contributed by atoms with E-state index in [0.717, 1.165) is 24.1 Å². The van der Waals surface area contributed by atoms with E-state index in [9.17, 15) is 4.79 Å². The van der Waals surface area contributed by atoms with Crippen LogP contribution in [0.1, 0.15) is 43.0 Å². The van der Waals surface area contributed by atoms with Gasteiger partial charge in [-0.05, 0) is 36.3 Å². The second-order valence-electron chi connectivity index (χ2n) is 4.50. The van der Waals surface area contributed by atoms with Gasteiger partial charge in [0.2, 0.25) is 0 Å². The zero-order valence-electron chi connectivity index (χ0n) is 9.00. The quantitative estimate of drug-likeness (QED) is 0.698. The average molecular weight is 202 g/mol. The Kier molecular flexibility index (Phi) is 2.36. The first-order valence-corrected chi connectivity index (χ1v) is 5.28. The van der Waals surface area contributed by atoms with Crippen molar-refractivity contribution in [2.45, 2.75) is 32.6 Å². The molecule has 2 unspecified atom stereocenters. The third kappa shape index (κ3) is 1.68. The molecule has 78 valence electrons. The number of nitriles is 1. The number of nitrogens with zero attached hydrogens (tertiary/aromatic N) is 1. The maximum Gasteiger partial charge on any atom is 0.266 e. The number of aromatic amines is 1. The number of hydrogen-bond acceptors (Lipinski definition) is 2. The summed E-state index contributed by atoms with van der Waals surface area (Å²) in [5.74, 6) is 1.05. The van der Waals surface area contributed by atoms with Gasteiger partial charge in [-0.3, -0.25) is 4.79 Å². The van der Waals surface area contributed by atoms with Gasteiger partial charge >= 0.3 is 0 Å². The largest absolute Gasteiger partial charge is 0.325 e. The van der Waals surface area contributed by atoms with Gasteiger partial charge in [-0.2, -0.15) is 5.26 Å². The molecule has 1 aromatic heterocycles. The molecule has 1 N–H and O–H groups in total. The molecule has 15 heavy (non-hydrogen) atoms. The smallest absolute Gasteiger partial charge is 0.266 e. The molecule has 0 bridgehead atoms. The molecule has 1 heterocycles. The van der Waals surface area contributed by atoms with Gasteiger partial charge in [0.25, 0.3) is 5.56 Å². The average Bonchev–Trinajstić information content (AvgIpc) is 2.16. The van der Waals surface area contributed by atoms with Gasteiger partial charge < -0.3 is 4.98 Å². The number of pyridine rings is 1. The van der Waals surface area contributed by atoms with E-state index in [1.807, 2.05) is 6.07 Å². The fourth-order valence-corrected chi connectivity index (χ4v) is 2.44. The Bertz CT molecular complexity index is 481. The normalized spacial score (nSPS) is 24.3. The van der Waals surface area contributed by atoms with Gasteiger partial charge in [0, 0.05) is 5.69 Å². The van der Waals surface area contributed by atoms with E-state index >= 15 is 0 Å². The van der Waals surface area contributed by atoms with Crippen molar-refractivity contribution in [1.29, 1.82) is 5.26 Å². The van der Waals surface area contributed by atoms with E-state index < -0.39 is 0 Å².